The SMILES string of the molecule is C[C@H]1c2cccc(O)c2C(=O)C2C(=O)[C@]3(O)C(=O)C(C(N)=O)C(=O)C[C@@H]3[C@@H](OCc3ccccc3)[C@@H]21. The van der Waals surface area contributed by atoms with Crippen molar-refractivity contribution < 1.29 is 38.9 Å². The number of ether oxygens (including phenoxy) is 1. The molecule has 2 unspecified atom stereocenters. The number of phenols is 1. The predicted octanol–water partition coefficient (Wildman–Crippen LogP) is 1.08. The number of nitrogens with two attached hydrogens (primary N) is 1. The molecule has 4 N–H and O–H groups in total. The quantitative estimate of drug-likeness (QED) is 0.536. The van der Waals surface area contributed by atoms with Crippen LogP contribution in [0.1, 0.15) is 40.7 Å². The molecule has 9 heteroatoms. The summed E-state index contributed by atoms with van der Waals surface area (Å²) in [6, 6.07) is 13.6. The van der Waals surface area contributed by atoms with Crippen molar-refractivity contribution in [2.45, 2.75) is 37.6 Å². The van der Waals surface area contributed by atoms with E-state index in [1.807, 2.05) is 6.07 Å². The van der Waals surface area contributed by atoms with Crippen LogP contribution < -0.4 is 5.73 Å². The van der Waals surface area contributed by atoms with Crippen LogP contribution in [0.3, 0.4) is 0 Å². The summed E-state index contributed by atoms with van der Waals surface area (Å²) in [6.45, 7) is 1.81. The summed E-state index contributed by atoms with van der Waals surface area (Å²) in [5.41, 5.74) is 3.69. The molecular weight excluding hydrogens is 466 g/mol. The lowest BCUT2D eigenvalue weighted by molar-refractivity contribution is -0.196. The van der Waals surface area contributed by atoms with Crippen LogP contribution in [0.2, 0.25) is 0 Å². The fourth-order valence-electron chi connectivity index (χ4n) is 6.28. The van der Waals surface area contributed by atoms with Crippen LogP contribution in [0.15, 0.2) is 48.5 Å². The molecule has 36 heavy (non-hydrogen) atoms. The summed E-state index contributed by atoms with van der Waals surface area (Å²) < 4.78 is 6.23. The molecule has 186 valence electrons. The molecule has 0 heterocycles. The molecule has 3 aliphatic rings. The van der Waals surface area contributed by atoms with E-state index in [9.17, 15) is 34.2 Å². The average molecular weight is 491 g/mol. The molecule has 5 rings (SSSR count). The number of amides is 1. The molecule has 0 aliphatic heterocycles. The Morgan fingerprint density at radius 3 is 2.42 bits per heavy atom. The number of aromatic hydroxyl groups is 1. The second kappa shape index (κ2) is 8.46. The largest absolute Gasteiger partial charge is 0.507 e. The maximum atomic E-state index is 13.8. The van der Waals surface area contributed by atoms with Crippen LogP contribution in [0.4, 0.5) is 0 Å². The summed E-state index contributed by atoms with van der Waals surface area (Å²) in [6.07, 6.45) is -1.55. The molecule has 2 saturated carbocycles. The first kappa shape index (κ1) is 24.0. The van der Waals surface area contributed by atoms with Gasteiger partial charge in [0.1, 0.15) is 5.75 Å². The molecule has 0 radical (unpaired) electrons. The van der Waals surface area contributed by atoms with E-state index in [1.165, 1.54) is 6.07 Å². The molecule has 0 aromatic heterocycles. The molecule has 2 aromatic rings. The van der Waals surface area contributed by atoms with Crippen LogP contribution in [0.5, 0.6) is 5.75 Å². The first-order valence-electron chi connectivity index (χ1n) is 11.7. The topological polar surface area (TPSA) is 161 Å². The number of primary amides is 1. The minimum absolute atomic E-state index is 0.0327. The zero-order chi connectivity index (χ0) is 25.9. The number of benzene rings is 2. The minimum Gasteiger partial charge on any atom is -0.507 e. The number of hydrogen-bond donors (Lipinski definition) is 3. The van der Waals surface area contributed by atoms with Gasteiger partial charge >= 0.3 is 0 Å². The third-order valence-electron chi connectivity index (χ3n) is 7.98. The average Bonchev–Trinajstić information content (AvgIpc) is 2.84. The second-order valence-corrected chi connectivity index (χ2v) is 9.82. The molecule has 7 atom stereocenters. The Bertz CT molecular complexity index is 1300. The Hall–Kier alpha value is -3.69. The molecule has 2 aromatic carbocycles. The minimum atomic E-state index is -2.81. The lowest BCUT2D eigenvalue weighted by atomic mass is 9.50. The molecule has 0 spiro atoms. The highest BCUT2D eigenvalue weighted by Gasteiger charge is 2.70. The summed E-state index contributed by atoms with van der Waals surface area (Å²) in [7, 11) is 0. The monoisotopic (exact) mass is 491 g/mol. The van der Waals surface area contributed by atoms with E-state index in [-0.39, 0.29) is 17.9 Å². The van der Waals surface area contributed by atoms with E-state index < -0.39 is 76.8 Å². The van der Waals surface area contributed by atoms with E-state index in [0.717, 1.165) is 5.56 Å². The number of carbonyl (C=O) groups is 5. The van der Waals surface area contributed by atoms with Crippen LogP contribution in [-0.2, 0) is 30.5 Å². The van der Waals surface area contributed by atoms with Gasteiger partial charge in [-0.15, -0.1) is 0 Å². The van der Waals surface area contributed by atoms with Gasteiger partial charge in [-0.25, -0.2) is 0 Å². The van der Waals surface area contributed by atoms with E-state index in [4.69, 9.17) is 10.5 Å². The maximum Gasteiger partial charge on any atom is 0.235 e. The predicted molar refractivity (Wildman–Crippen MR) is 124 cm³/mol. The van der Waals surface area contributed by atoms with Crippen molar-refractivity contribution in [3.8, 4) is 5.75 Å². The molecule has 3 aliphatic carbocycles. The third-order valence-corrected chi connectivity index (χ3v) is 7.98. The number of carbonyl (C=O) groups excluding carboxylic acids is 5. The van der Waals surface area contributed by atoms with Crippen molar-refractivity contribution in [1.29, 1.82) is 0 Å². The fraction of sp³-hybridized carbons (Fsp3) is 0.370. The number of phenolic OH excluding ortho intramolecular Hbond substituents is 1. The number of aliphatic hydroxyl groups is 1. The van der Waals surface area contributed by atoms with E-state index in [0.29, 0.717) is 5.56 Å². The summed E-state index contributed by atoms with van der Waals surface area (Å²) >= 11 is 0. The fourth-order valence-corrected chi connectivity index (χ4v) is 6.28. The normalized spacial score (nSPS) is 33.5. The van der Waals surface area contributed by atoms with Crippen molar-refractivity contribution in [3.05, 3.63) is 65.2 Å². The molecule has 1 amide bonds. The first-order valence-corrected chi connectivity index (χ1v) is 11.7. The van der Waals surface area contributed by atoms with Crippen LogP contribution >= 0.6 is 0 Å². The van der Waals surface area contributed by atoms with Crippen molar-refractivity contribution in [2.75, 3.05) is 0 Å². The molecule has 0 saturated heterocycles. The van der Waals surface area contributed by atoms with Gasteiger partial charge in [0.15, 0.2) is 34.7 Å². The Morgan fingerprint density at radius 2 is 1.75 bits per heavy atom. The summed E-state index contributed by atoms with van der Waals surface area (Å²) in [5, 5.41) is 22.1. The number of Topliss-reactive ketones (excluding diaryl/α,β-unsaturated/α-hetero) is 4. The number of hydrogen-bond acceptors (Lipinski definition) is 8. The Balaban J connectivity index is 1.66. The molecule has 9 nitrogen and oxygen atoms in total. The van der Waals surface area contributed by atoms with Gasteiger partial charge in [0.25, 0.3) is 0 Å². The van der Waals surface area contributed by atoms with Crippen molar-refractivity contribution in [1.82, 2.24) is 0 Å². The lowest BCUT2D eigenvalue weighted by Crippen LogP contribution is -2.72. The highest BCUT2D eigenvalue weighted by atomic mass is 16.5. The van der Waals surface area contributed by atoms with Crippen LogP contribution in [-0.4, -0.2) is 51.0 Å². The molecular formula is C27H25NO8. The zero-order valence-corrected chi connectivity index (χ0v) is 19.4. The molecule has 0 bridgehead atoms. The Labute approximate surface area is 206 Å². The highest BCUT2D eigenvalue weighted by Crippen LogP contribution is 2.54. The van der Waals surface area contributed by atoms with Gasteiger partial charge in [0.05, 0.1) is 24.2 Å². The standard InChI is InChI=1S/C27H25NO8/c1-12-14-8-5-9-16(29)19(14)22(31)21-18(12)23(36-11-13-6-3-2-4-7-13)15-10-17(30)20(26(28)34)24(32)27(15,35)25(21)33/h2-9,12,15,18,20-21,23,29,35H,10-11H2,1H3,(H2,28,34)/t12-,15+,18+,20?,21?,23+,27+/m0/s1. The van der Waals surface area contributed by atoms with Gasteiger partial charge in [-0.3, -0.25) is 24.0 Å². The van der Waals surface area contributed by atoms with Gasteiger partial charge in [0.2, 0.25) is 5.91 Å². The van der Waals surface area contributed by atoms with Gasteiger partial charge in [-0.05, 0) is 23.1 Å². The van der Waals surface area contributed by atoms with Crippen molar-refractivity contribution in [3.63, 3.8) is 0 Å². The number of ketones is 4. The van der Waals surface area contributed by atoms with Gasteiger partial charge in [-0.1, -0.05) is 49.4 Å². The summed E-state index contributed by atoms with van der Waals surface area (Å²) in [5.74, 6) is -11.7. The van der Waals surface area contributed by atoms with Gasteiger partial charge in [0, 0.05) is 18.3 Å². The van der Waals surface area contributed by atoms with Gasteiger partial charge in [-0.2, -0.15) is 0 Å². The Morgan fingerprint density at radius 1 is 1.06 bits per heavy atom. The second-order valence-electron chi connectivity index (χ2n) is 9.82. The first-order chi connectivity index (χ1) is 17.1. The third kappa shape index (κ3) is 3.26. The Kier molecular flexibility index (Phi) is 5.65. The molecule has 2 fully saturated rings. The van der Waals surface area contributed by atoms with Crippen LogP contribution in [0.25, 0.3) is 0 Å². The highest BCUT2D eigenvalue weighted by molar-refractivity contribution is 6.31. The number of rotatable bonds is 4. The summed E-state index contributed by atoms with van der Waals surface area (Å²) in [4.78, 5) is 65.5. The lowest BCUT2D eigenvalue weighted by Gasteiger charge is -2.54. The van der Waals surface area contributed by atoms with Gasteiger partial charge < -0.3 is 20.7 Å². The van der Waals surface area contributed by atoms with E-state index in [2.05, 4.69) is 0 Å². The number of fused-ring (bicyclic) bond motifs is 3. The van der Waals surface area contributed by atoms with Crippen LogP contribution in [0, 0.1) is 23.7 Å². The van der Waals surface area contributed by atoms with E-state index in [1.54, 1.807) is 43.3 Å². The zero-order valence-electron chi connectivity index (χ0n) is 19.4. The van der Waals surface area contributed by atoms with E-state index >= 15 is 0 Å². The maximum absolute atomic E-state index is 13.8. The smallest absolute Gasteiger partial charge is 0.235 e. The van der Waals surface area contributed by atoms with Crippen molar-refractivity contribution in [2.24, 2.45) is 29.4 Å². The van der Waals surface area contributed by atoms with Crippen molar-refractivity contribution >= 4 is 29.0 Å².